The van der Waals surface area contributed by atoms with Gasteiger partial charge in [0.15, 0.2) is 0 Å². The van der Waals surface area contributed by atoms with E-state index >= 15 is 0 Å². The summed E-state index contributed by atoms with van der Waals surface area (Å²) < 4.78 is 34.3. The Morgan fingerprint density at radius 3 is 2.79 bits per heavy atom. The molecule has 4 saturated carbocycles. The Labute approximate surface area is 197 Å². The van der Waals surface area contributed by atoms with Crippen molar-refractivity contribution < 1.29 is 17.9 Å². The molecule has 3 unspecified atom stereocenters. The maximum absolute atomic E-state index is 13.6. The first-order valence-electron chi connectivity index (χ1n) is 12.7. The molecular weight excluding hydrogens is 436 g/mol. The first kappa shape index (κ1) is 21.9. The van der Waals surface area contributed by atoms with E-state index in [1.165, 1.54) is 32.8 Å². The van der Waals surface area contributed by atoms with Crippen molar-refractivity contribution in [3.8, 4) is 5.75 Å². The van der Waals surface area contributed by atoms with Gasteiger partial charge in [-0.1, -0.05) is 12.5 Å². The van der Waals surface area contributed by atoms with Gasteiger partial charge in [-0.15, -0.1) is 0 Å². The van der Waals surface area contributed by atoms with Gasteiger partial charge in [0.25, 0.3) is 0 Å². The Balaban J connectivity index is 1.20. The summed E-state index contributed by atoms with van der Waals surface area (Å²) in [5.41, 5.74) is 1.05. The zero-order valence-electron chi connectivity index (χ0n) is 19.8. The van der Waals surface area contributed by atoms with Crippen molar-refractivity contribution in [2.45, 2.75) is 75.6 Å². The minimum Gasteiger partial charge on any atom is -0.495 e. The summed E-state index contributed by atoms with van der Waals surface area (Å²) in [7, 11) is -2.20. The Morgan fingerprint density at radius 2 is 1.97 bits per heavy atom. The predicted molar refractivity (Wildman–Crippen MR) is 125 cm³/mol. The van der Waals surface area contributed by atoms with Gasteiger partial charge >= 0.3 is 0 Å². The van der Waals surface area contributed by atoms with Crippen molar-refractivity contribution in [2.24, 2.45) is 28.6 Å². The monoisotopic (exact) mass is 472 g/mol. The smallest absolute Gasteiger partial charge is 0.247 e. The number of methoxy groups -OCH3 is 1. The van der Waals surface area contributed by atoms with E-state index in [1.54, 1.807) is 16.4 Å². The summed E-state index contributed by atoms with van der Waals surface area (Å²) in [6.45, 7) is 2.82. The standard InChI is InChI=1S/C26H36N2O4S/c1-17-6-7-23(22(9-17)32-2)33(30,31)28-8-4-3-5-21(28)16-27-24(29)26-14-19-10-18-11-20(15-26)25(26,12-18)13-19/h6-7,9,18-21H,3-5,8,10-16H2,1-2H3,(H,27,29)/t18?,19-,20-,21?,25?,26+/m1/s1. The molecule has 180 valence electrons. The molecular formula is C26H36N2O4S. The first-order chi connectivity index (χ1) is 15.8. The molecule has 0 radical (unpaired) electrons. The number of sulfonamides is 1. The van der Waals surface area contributed by atoms with E-state index in [0.29, 0.717) is 18.8 Å². The minimum atomic E-state index is -3.71. The van der Waals surface area contributed by atoms with Crippen LogP contribution < -0.4 is 10.1 Å². The molecule has 1 aromatic rings. The third-order valence-corrected chi connectivity index (χ3v) is 12.0. The number of hydrogen-bond acceptors (Lipinski definition) is 4. The number of rotatable bonds is 6. The Bertz CT molecular complexity index is 1080. The van der Waals surface area contributed by atoms with E-state index in [-0.39, 0.29) is 27.7 Å². The normalized spacial score (nSPS) is 39.2. The summed E-state index contributed by atoms with van der Waals surface area (Å²) in [4.78, 5) is 13.9. The number of aryl methyl sites for hydroxylation is 1. The first-order valence-corrected chi connectivity index (χ1v) is 14.2. The lowest BCUT2D eigenvalue weighted by atomic mass is 9.46. The van der Waals surface area contributed by atoms with Crippen molar-refractivity contribution in [2.75, 3.05) is 20.2 Å². The topological polar surface area (TPSA) is 75.7 Å². The number of piperidine rings is 1. The molecule has 6 atom stereocenters. The Morgan fingerprint density at radius 1 is 1.15 bits per heavy atom. The van der Waals surface area contributed by atoms with Gasteiger partial charge in [-0.2, -0.15) is 4.31 Å². The second-order valence-electron chi connectivity index (χ2n) is 11.6. The van der Waals surface area contributed by atoms with Crippen LogP contribution in [-0.2, 0) is 14.8 Å². The van der Waals surface area contributed by atoms with E-state index < -0.39 is 10.0 Å². The summed E-state index contributed by atoms with van der Waals surface area (Å²) in [5, 5.41) is 3.28. The molecule has 7 heteroatoms. The van der Waals surface area contributed by atoms with Crippen LogP contribution in [0.5, 0.6) is 5.75 Å². The lowest BCUT2D eigenvalue weighted by Crippen LogP contribution is -2.61. The summed E-state index contributed by atoms with van der Waals surface area (Å²) >= 11 is 0. The van der Waals surface area contributed by atoms with Crippen LogP contribution in [0.25, 0.3) is 0 Å². The zero-order chi connectivity index (χ0) is 23.0. The number of ether oxygens (including phenoxy) is 1. The van der Waals surface area contributed by atoms with Crippen LogP contribution in [0, 0.1) is 35.5 Å². The number of benzene rings is 1. The fraction of sp³-hybridized carbons (Fsp3) is 0.731. The van der Waals surface area contributed by atoms with Gasteiger partial charge in [-0.05, 0) is 99.2 Å². The van der Waals surface area contributed by atoms with E-state index in [2.05, 4.69) is 5.32 Å². The van der Waals surface area contributed by atoms with Gasteiger partial charge in [0.1, 0.15) is 10.6 Å². The summed E-state index contributed by atoms with van der Waals surface area (Å²) in [6, 6.07) is 5.02. The lowest BCUT2D eigenvalue weighted by molar-refractivity contribution is -0.161. The van der Waals surface area contributed by atoms with Gasteiger partial charge < -0.3 is 10.1 Å². The van der Waals surface area contributed by atoms with Gasteiger partial charge in [0, 0.05) is 19.1 Å². The number of carbonyl (C=O) groups excluding carboxylic acids is 1. The average molecular weight is 473 g/mol. The van der Waals surface area contributed by atoms with E-state index in [0.717, 1.165) is 55.4 Å². The van der Waals surface area contributed by atoms with Gasteiger partial charge in [-0.3, -0.25) is 4.79 Å². The SMILES string of the molecule is COc1cc(C)ccc1S(=O)(=O)N1CCCCC1CNC(=O)[C@]12C[C@@H]3CC4C[C@H](C1)C2(C4)C3. The molecule has 4 aliphatic carbocycles. The van der Waals surface area contributed by atoms with E-state index in [1.807, 2.05) is 13.0 Å². The summed E-state index contributed by atoms with van der Waals surface area (Å²) in [6.07, 6.45) is 9.86. The molecule has 6 nitrogen and oxygen atoms in total. The fourth-order valence-electron chi connectivity index (χ4n) is 8.78. The van der Waals surface area contributed by atoms with Gasteiger partial charge in [0.2, 0.25) is 15.9 Å². The second kappa shape index (κ2) is 7.45. The second-order valence-corrected chi connectivity index (χ2v) is 13.4. The quantitative estimate of drug-likeness (QED) is 0.682. The van der Waals surface area contributed by atoms with Crippen molar-refractivity contribution in [3.05, 3.63) is 23.8 Å². The third kappa shape index (κ3) is 3.00. The molecule has 33 heavy (non-hydrogen) atoms. The van der Waals surface area contributed by atoms with Crippen molar-refractivity contribution in [1.29, 1.82) is 0 Å². The number of nitrogens with one attached hydrogen (secondary N) is 1. The van der Waals surface area contributed by atoms with Crippen LogP contribution in [0.2, 0.25) is 0 Å². The van der Waals surface area contributed by atoms with E-state index in [9.17, 15) is 13.2 Å². The highest BCUT2D eigenvalue weighted by molar-refractivity contribution is 7.89. The van der Waals surface area contributed by atoms with Gasteiger partial charge in [-0.25, -0.2) is 8.42 Å². The maximum Gasteiger partial charge on any atom is 0.247 e. The highest BCUT2D eigenvalue weighted by atomic mass is 32.2. The number of fused-ring (bicyclic) bond motifs is 2. The van der Waals surface area contributed by atoms with Crippen LogP contribution in [0.1, 0.15) is 63.4 Å². The molecule has 1 spiro atoms. The van der Waals surface area contributed by atoms with Crippen LogP contribution in [-0.4, -0.2) is 44.9 Å². The summed E-state index contributed by atoms with van der Waals surface area (Å²) in [5.74, 6) is 2.91. The number of carbonyl (C=O) groups is 1. The molecule has 5 aliphatic rings. The van der Waals surface area contributed by atoms with Crippen molar-refractivity contribution >= 4 is 15.9 Å². The van der Waals surface area contributed by atoms with Crippen molar-refractivity contribution in [3.63, 3.8) is 0 Å². The molecule has 1 heterocycles. The van der Waals surface area contributed by atoms with Crippen LogP contribution in [0.4, 0.5) is 0 Å². The fourth-order valence-corrected chi connectivity index (χ4v) is 10.6. The maximum atomic E-state index is 13.6. The Kier molecular flexibility index (Phi) is 4.94. The van der Waals surface area contributed by atoms with E-state index in [4.69, 9.17) is 4.74 Å². The number of amides is 1. The molecule has 3 bridgehead atoms. The largest absolute Gasteiger partial charge is 0.495 e. The average Bonchev–Trinajstić information content (AvgIpc) is 3.12. The molecule has 1 aliphatic heterocycles. The van der Waals surface area contributed by atoms with Crippen LogP contribution in [0.3, 0.4) is 0 Å². The molecule has 0 aromatic heterocycles. The molecule has 5 fully saturated rings. The highest BCUT2D eigenvalue weighted by Crippen LogP contribution is 2.81. The molecule has 6 rings (SSSR count). The Hall–Kier alpha value is -1.60. The minimum absolute atomic E-state index is 0.174. The lowest BCUT2D eigenvalue weighted by Gasteiger charge is -2.57. The number of hydrogen-bond donors (Lipinski definition) is 1. The predicted octanol–water partition coefficient (Wildman–Crippen LogP) is 3.88. The third-order valence-electron chi connectivity index (χ3n) is 9.97. The van der Waals surface area contributed by atoms with Gasteiger partial charge in [0.05, 0.1) is 12.5 Å². The zero-order valence-corrected chi connectivity index (χ0v) is 20.6. The highest BCUT2D eigenvalue weighted by Gasteiger charge is 2.76. The molecule has 1 saturated heterocycles. The molecule has 1 N–H and O–H groups in total. The number of nitrogens with zero attached hydrogens (tertiary/aromatic N) is 1. The van der Waals surface area contributed by atoms with Crippen LogP contribution >= 0.6 is 0 Å². The molecule has 1 aromatic carbocycles. The molecule has 1 amide bonds. The van der Waals surface area contributed by atoms with Crippen molar-refractivity contribution in [1.82, 2.24) is 9.62 Å². The van der Waals surface area contributed by atoms with Crippen LogP contribution in [0.15, 0.2) is 23.1 Å².